The van der Waals surface area contributed by atoms with Gasteiger partial charge in [0.1, 0.15) is 12.4 Å². The second-order valence-electron chi connectivity index (χ2n) is 7.72. The lowest BCUT2D eigenvalue weighted by molar-refractivity contribution is -0.135. The fourth-order valence-electron chi connectivity index (χ4n) is 4.21. The normalized spacial score (nSPS) is 19.1. The Morgan fingerprint density at radius 1 is 1.29 bits per heavy atom. The number of phenols is 1. The highest BCUT2D eigenvalue weighted by Gasteiger charge is 2.30. The summed E-state index contributed by atoms with van der Waals surface area (Å²) in [7, 11) is 0. The third kappa shape index (κ3) is 3.61. The lowest BCUT2D eigenvalue weighted by Crippen LogP contribution is -2.34. The van der Waals surface area contributed by atoms with E-state index in [4.69, 9.17) is 4.74 Å². The van der Waals surface area contributed by atoms with Gasteiger partial charge >= 0.3 is 0 Å². The maximum Gasteiger partial charge on any atom is 0.223 e. The van der Waals surface area contributed by atoms with Gasteiger partial charge in [-0.2, -0.15) is 0 Å². The number of phenolic OH excluding ortho intramolecular Hbond substituents is 1. The standard InChI is InChI=1S/C23H25NO4/c1-15-5-2-3-7-19(15)17-11-18-14-24(9-10-28-23(18)21(26)12-17)22(27)13-16-6-4-8-20(16)25/h2-3,5,7,11-12,16,26H,4,6,8-10,13-14H2,1H3/t16-/m1/s1. The minimum absolute atomic E-state index is 0.0162. The summed E-state index contributed by atoms with van der Waals surface area (Å²) in [6.45, 7) is 3.19. The molecule has 5 nitrogen and oxygen atoms in total. The van der Waals surface area contributed by atoms with Crippen LogP contribution in [0.5, 0.6) is 11.5 Å². The van der Waals surface area contributed by atoms with Crippen LogP contribution in [0.1, 0.15) is 36.8 Å². The molecule has 1 aliphatic carbocycles. The summed E-state index contributed by atoms with van der Waals surface area (Å²) in [6, 6.07) is 11.7. The van der Waals surface area contributed by atoms with Crippen molar-refractivity contribution < 1.29 is 19.4 Å². The molecule has 0 aromatic heterocycles. The Balaban J connectivity index is 1.60. The Morgan fingerprint density at radius 3 is 2.86 bits per heavy atom. The van der Waals surface area contributed by atoms with Gasteiger partial charge in [0.15, 0.2) is 11.5 Å². The van der Waals surface area contributed by atoms with Gasteiger partial charge in [0.2, 0.25) is 5.91 Å². The van der Waals surface area contributed by atoms with Crippen molar-refractivity contribution in [3.63, 3.8) is 0 Å². The van der Waals surface area contributed by atoms with Crippen LogP contribution in [0.3, 0.4) is 0 Å². The molecule has 1 amide bonds. The van der Waals surface area contributed by atoms with E-state index in [0.717, 1.165) is 35.1 Å². The highest BCUT2D eigenvalue weighted by Crippen LogP contribution is 2.38. The number of hydrogen-bond donors (Lipinski definition) is 1. The first-order valence-electron chi connectivity index (χ1n) is 9.88. The first-order chi connectivity index (χ1) is 13.5. The number of Topliss-reactive ketones (excluding diaryl/α,β-unsaturated/α-hetero) is 1. The molecule has 0 saturated heterocycles. The maximum atomic E-state index is 12.8. The SMILES string of the molecule is Cc1ccccc1-c1cc(O)c2c(c1)CN(C(=O)C[C@H]1CCCC1=O)CCO2. The summed E-state index contributed by atoms with van der Waals surface area (Å²) in [4.78, 5) is 26.5. The van der Waals surface area contributed by atoms with Crippen molar-refractivity contribution >= 4 is 11.7 Å². The molecular weight excluding hydrogens is 354 g/mol. The molecule has 2 aromatic rings. The van der Waals surface area contributed by atoms with Gasteiger partial charge in [0, 0.05) is 30.9 Å². The Kier molecular flexibility index (Phi) is 5.07. The lowest BCUT2D eigenvalue weighted by Gasteiger charge is -2.21. The van der Waals surface area contributed by atoms with Gasteiger partial charge in [0.05, 0.1) is 6.54 Å². The van der Waals surface area contributed by atoms with Crippen LogP contribution in [0.2, 0.25) is 0 Å². The van der Waals surface area contributed by atoms with E-state index in [1.165, 1.54) is 0 Å². The van der Waals surface area contributed by atoms with E-state index in [-0.39, 0.29) is 29.8 Å². The monoisotopic (exact) mass is 379 g/mol. The molecule has 5 heteroatoms. The zero-order valence-electron chi connectivity index (χ0n) is 16.1. The maximum absolute atomic E-state index is 12.8. The summed E-state index contributed by atoms with van der Waals surface area (Å²) in [5.41, 5.74) is 3.85. The number of amides is 1. The quantitative estimate of drug-likeness (QED) is 0.880. The summed E-state index contributed by atoms with van der Waals surface area (Å²) in [5, 5.41) is 10.5. The molecular formula is C23H25NO4. The fourth-order valence-corrected chi connectivity index (χ4v) is 4.21. The van der Waals surface area contributed by atoms with Crippen LogP contribution in [0, 0.1) is 12.8 Å². The average Bonchev–Trinajstić information content (AvgIpc) is 2.94. The smallest absolute Gasteiger partial charge is 0.223 e. The average molecular weight is 379 g/mol. The van der Waals surface area contributed by atoms with Gasteiger partial charge in [-0.05, 0) is 48.6 Å². The van der Waals surface area contributed by atoms with Crippen LogP contribution in [0.25, 0.3) is 11.1 Å². The van der Waals surface area contributed by atoms with Crippen molar-refractivity contribution in [1.82, 2.24) is 4.90 Å². The molecule has 1 N–H and O–H groups in total. The van der Waals surface area contributed by atoms with E-state index in [1.54, 1.807) is 11.0 Å². The Morgan fingerprint density at radius 2 is 2.11 bits per heavy atom. The number of rotatable bonds is 3. The molecule has 28 heavy (non-hydrogen) atoms. The van der Waals surface area contributed by atoms with Crippen LogP contribution in [0.15, 0.2) is 36.4 Å². The summed E-state index contributed by atoms with van der Waals surface area (Å²) >= 11 is 0. The molecule has 2 aromatic carbocycles. The van der Waals surface area contributed by atoms with E-state index >= 15 is 0 Å². The molecule has 0 unspecified atom stereocenters. The minimum atomic E-state index is -0.136. The van der Waals surface area contributed by atoms with Crippen molar-refractivity contribution in [3.05, 3.63) is 47.5 Å². The largest absolute Gasteiger partial charge is 0.504 e. The Labute approximate surface area is 164 Å². The van der Waals surface area contributed by atoms with Crippen LogP contribution >= 0.6 is 0 Å². The van der Waals surface area contributed by atoms with Gasteiger partial charge in [-0.25, -0.2) is 0 Å². The number of aromatic hydroxyl groups is 1. The Bertz CT molecular complexity index is 921. The predicted octanol–water partition coefficient (Wildman–Crippen LogP) is 3.85. The molecule has 1 aliphatic heterocycles. The first-order valence-corrected chi connectivity index (χ1v) is 9.88. The van der Waals surface area contributed by atoms with E-state index < -0.39 is 0 Å². The number of carbonyl (C=O) groups excluding carboxylic acids is 2. The van der Waals surface area contributed by atoms with E-state index in [9.17, 15) is 14.7 Å². The summed E-state index contributed by atoms with van der Waals surface area (Å²) < 4.78 is 5.76. The second-order valence-corrected chi connectivity index (χ2v) is 7.72. The van der Waals surface area contributed by atoms with Gasteiger partial charge in [-0.3, -0.25) is 9.59 Å². The van der Waals surface area contributed by atoms with Crippen LogP contribution in [-0.4, -0.2) is 34.8 Å². The van der Waals surface area contributed by atoms with Crippen molar-refractivity contribution in [2.24, 2.45) is 5.92 Å². The number of nitrogens with zero attached hydrogens (tertiary/aromatic N) is 1. The molecule has 0 radical (unpaired) electrons. The molecule has 1 atom stereocenters. The Hall–Kier alpha value is -2.82. The van der Waals surface area contributed by atoms with Crippen LogP contribution in [0.4, 0.5) is 0 Å². The van der Waals surface area contributed by atoms with E-state index in [2.05, 4.69) is 0 Å². The van der Waals surface area contributed by atoms with Gasteiger partial charge < -0.3 is 14.7 Å². The highest BCUT2D eigenvalue weighted by atomic mass is 16.5. The number of benzene rings is 2. The molecule has 146 valence electrons. The fraction of sp³-hybridized carbons (Fsp3) is 0.391. The zero-order chi connectivity index (χ0) is 19.7. The van der Waals surface area contributed by atoms with Gasteiger partial charge in [-0.15, -0.1) is 0 Å². The topological polar surface area (TPSA) is 66.8 Å². The molecule has 1 heterocycles. The third-order valence-electron chi connectivity index (χ3n) is 5.78. The third-order valence-corrected chi connectivity index (χ3v) is 5.78. The zero-order valence-corrected chi connectivity index (χ0v) is 16.1. The van der Waals surface area contributed by atoms with Gasteiger partial charge in [-0.1, -0.05) is 24.3 Å². The van der Waals surface area contributed by atoms with Crippen molar-refractivity contribution in [1.29, 1.82) is 0 Å². The van der Waals surface area contributed by atoms with Gasteiger partial charge in [0.25, 0.3) is 0 Å². The van der Waals surface area contributed by atoms with Crippen molar-refractivity contribution in [2.75, 3.05) is 13.2 Å². The second kappa shape index (κ2) is 7.66. The first kappa shape index (κ1) is 18.5. The molecule has 2 aliphatic rings. The number of hydrogen-bond acceptors (Lipinski definition) is 4. The number of ketones is 1. The minimum Gasteiger partial charge on any atom is -0.504 e. The molecule has 0 bridgehead atoms. The number of carbonyl (C=O) groups is 2. The van der Waals surface area contributed by atoms with Crippen LogP contribution in [-0.2, 0) is 16.1 Å². The molecule has 1 saturated carbocycles. The van der Waals surface area contributed by atoms with Crippen molar-refractivity contribution in [2.45, 2.75) is 39.2 Å². The summed E-state index contributed by atoms with van der Waals surface area (Å²) in [6.07, 6.45) is 2.56. The van der Waals surface area contributed by atoms with Crippen LogP contribution < -0.4 is 4.74 Å². The summed E-state index contributed by atoms with van der Waals surface area (Å²) in [5.74, 6) is 0.597. The van der Waals surface area contributed by atoms with E-state index in [0.29, 0.717) is 31.9 Å². The van der Waals surface area contributed by atoms with Crippen molar-refractivity contribution in [3.8, 4) is 22.6 Å². The number of aryl methyl sites for hydroxylation is 1. The number of fused-ring (bicyclic) bond motifs is 1. The highest BCUT2D eigenvalue weighted by molar-refractivity contribution is 5.88. The molecule has 1 fully saturated rings. The molecule has 4 rings (SSSR count). The van der Waals surface area contributed by atoms with E-state index in [1.807, 2.05) is 37.3 Å². The number of ether oxygens (including phenoxy) is 1. The lowest BCUT2D eigenvalue weighted by atomic mass is 9.97. The molecule has 0 spiro atoms. The predicted molar refractivity (Wildman–Crippen MR) is 106 cm³/mol.